The molecule has 0 aliphatic rings. The summed E-state index contributed by atoms with van der Waals surface area (Å²) in [6.45, 7) is 4.07. The van der Waals surface area contributed by atoms with Crippen molar-refractivity contribution in [2.45, 2.75) is 405 Å². The molecule has 0 aliphatic heterocycles. The number of carbonyl (C=O) groups excluding carboxylic acids is 2. The van der Waals surface area contributed by atoms with Gasteiger partial charge in [0.1, 0.15) is 6.61 Å². The molecule has 0 bridgehead atoms. The highest BCUT2D eigenvalue weighted by Gasteiger charge is 2.16. The molecular formula is C79H144O5. The van der Waals surface area contributed by atoms with Crippen LogP contribution in [0, 0.1) is 0 Å². The van der Waals surface area contributed by atoms with E-state index in [4.69, 9.17) is 9.47 Å². The monoisotopic (exact) mass is 1170 g/mol. The van der Waals surface area contributed by atoms with Crippen molar-refractivity contribution in [3.63, 3.8) is 0 Å². The number of aliphatic hydroxyl groups is 1. The van der Waals surface area contributed by atoms with Gasteiger partial charge in [0, 0.05) is 12.8 Å². The SMILES string of the molecule is CC/C=C\C/C=C\C/C=C\C/C=C\CCCCCCCCCCCCCCCCCCCCCCCCC(=O)OC(CO)COC(=O)CCCCCCCCCCCCCCCCCCCCCCCCC/C=C\C/C=C\CCCCCCC. The Morgan fingerprint density at radius 2 is 0.512 bits per heavy atom. The lowest BCUT2D eigenvalue weighted by molar-refractivity contribution is -0.161. The van der Waals surface area contributed by atoms with Crippen molar-refractivity contribution in [2.24, 2.45) is 0 Å². The summed E-state index contributed by atoms with van der Waals surface area (Å²) in [4.78, 5) is 24.7. The van der Waals surface area contributed by atoms with Crippen LogP contribution in [0.15, 0.2) is 72.9 Å². The molecule has 0 heterocycles. The lowest BCUT2D eigenvalue weighted by Crippen LogP contribution is -2.28. The third-order valence-corrected chi connectivity index (χ3v) is 17.0. The van der Waals surface area contributed by atoms with E-state index in [1.807, 2.05) is 0 Å². The molecule has 490 valence electrons. The lowest BCUT2D eigenvalue weighted by atomic mass is 10.0. The molecule has 1 N–H and O–H groups in total. The number of carbonyl (C=O) groups is 2. The van der Waals surface area contributed by atoms with Crippen LogP contribution in [0.5, 0.6) is 0 Å². The highest BCUT2D eigenvalue weighted by atomic mass is 16.6. The molecular weight excluding hydrogens is 1030 g/mol. The van der Waals surface area contributed by atoms with Gasteiger partial charge in [0.2, 0.25) is 0 Å². The maximum atomic E-state index is 12.4. The normalized spacial score (nSPS) is 12.6. The second-order valence-corrected chi connectivity index (χ2v) is 25.3. The molecule has 0 aromatic rings. The Balaban J connectivity index is 3.38. The summed E-state index contributed by atoms with van der Waals surface area (Å²) in [5, 5.41) is 9.72. The van der Waals surface area contributed by atoms with Gasteiger partial charge in [-0.05, 0) is 83.5 Å². The van der Waals surface area contributed by atoms with Crippen molar-refractivity contribution in [3.8, 4) is 0 Å². The molecule has 0 rings (SSSR count). The molecule has 5 nitrogen and oxygen atoms in total. The van der Waals surface area contributed by atoms with Crippen molar-refractivity contribution in [2.75, 3.05) is 13.2 Å². The molecule has 0 amide bonds. The zero-order valence-electron chi connectivity index (χ0n) is 56.4. The smallest absolute Gasteiger partial charge is 0.306 e. The molecule has 1 atom stereocenters. The number of esters is 2. The van der Waals surface area contributed by atoms with E-state index in [1.54, 1.807) is 0 Å². The molecule has 0 aromatic carbocycles. The zero-order chi connectivity index (χ0) is 60.5. The third-order valence-electron chi connectivity index (χ3n) is 17.0. The van der Waals surface area contributed by atoms with Gasteiger partial charge < -0.3 is 14.6 Å². The highest BCUT2D eigenvalue weighted by molar-refractivity contribution is 5.70. The Kier molecular flexibility index (Phi) is 72.2. The summed E-state index contributed by atoms with van der Waals surface area (Å²) in [5.41, 5.74) is 0. The molecule has 0 radical (unpaired) electrons. The van der Waals surface area contributed by atoms with E-state index in [2.05, 4.69) is 86.8 Å². The molecule has 0 fully saturated rings. The van der Waals surface area contributed by atoms with E-state index in [9.17, 15) is 14.7 Å². The minimum atomic E-state index is -0.772. The lowest BCUT2D eigenvalue weighted by Gasteiger charge is -2.15. The van der Waals surface area contributed by atoms with Crippen LogP contribution in [0.25, 0.3) is 0 Å². The van der Waals surface area contributed by atoms with E-state index >= 15 is 0 Å². The fraction of sp³-hybridized carbons (Fsp3) is 0.823. The average Bonchev–Trinajstić information content (AvgIpc) is 3.51. The van der Waals surface area contributed by atoms with Crippen LogP contribution >= 0.6 is 0 Å². The number of ether oxygens (including phenoxy) is 2. The summed E-state index contributed by atoms with van der Waals surface area (Å²) in [6, 6.07) is 0. The van der Waals surface area contributed by atoms with Crippen LogP contribution in [0.1, 0.15) is 399 Å². The summed E-state index contributed by atoms with van der Waals surface area (Å²) >= 11 is 0. The second-order valence-electron chi connectivity index (χ2n) is 25.3. The van der Waals surface area contributed by atoms with E-state index in [1.165, 1.54) is 302 Å². The first kappa shape index (κ1) is 81.3. The van der Waals surface area contributed by atoms with E-state index in [0.29, 0.717) is 12.8 Å². The number of allylic oxidation sites excluding steroid dienone is 12. The van der Waals surface area contributed by atoms with Crippen molar-refractivity contribution in [1.29, 1.82) is 0 Å². The van der Waals surface area contributed by atoms with Crippen LogP contribution in [0.4, 0.5) is 0 Å². The molecule has 0 aromatic heterocycles. The Morgan fingerprint density at radius 1 is 0.286 bits per heavy atom. The van der Waals surface area contributed by atoms with Crippen molar-refractivity contribution < 1.29 is 24.2 Å². The number of rotatable bonds is 70. The Labute approximate surface area is 524 Å². The third kappa shape index (κ3) is 71.8. The van der Waals surface area contributed by atoms with Gasteiger partial charge in [-0.25, -0.2) is 0 Å². The molecule has 5 heteroatoms. The maximum Gasteiger partial charge on any atom is 0.306 e. The average molecular weight is 1170 g/mol. The molecule has 0 spiro atoms. The Morgan fingerprint density at radius 3 is 0.774 bits per heavy atom. The molecule has 0 saturated carbocycles. The molecule has 84 heavy (non-hydrogen) atoms. The van der Waals surface area contributed by atoms with Gasteiger partial charge in [0.05, 0.1) is 6.61 Å². The summed E-state index contributed by atoms with van der Waals surface area (Å²) in [7, 11) is 0. The zero-order valence-corrected chi connectivity index (χ0v) is 56.4. The predicted octanol–water partition coefficient (Wildman–Crippen LogP) is 26.2. The van der Waals surface area contributed by atoms with Gasteiger partial charge in [-0.3, -0.25) is 9.59 Å². The van der Waals surface area contributed by atoms with Gasteiger partial charge in [-0.1, -0.05) is 376 Å². The maximum absolute atomic E-state index is 12.4. The number of aliphatic hydroxyl groups excluding tert-OH is 1. The fourth-order valence-electron chi connectivity index (χ4n) is 11.4. The largest absolute Gasteiger partial charge is 0.462 e. The van der Waals surface area contributed by atoms with Crippen LogP contribution in [0.3, 0.4) is 0 Å². The van der Waals surface area contributed by atoms with Crippen LogP contribution in [-0.4, -0.2) is 36.4 Å². The Bertz CT molecular complexity index is 1470. The van der Waals surface area contributed by atoms with Crippen LogP contribution < -0.4 is 0 Å². The van der Waals surface area contributed by atoms with Gasteiger partial charge in [-0.15, -0.1) is 0 Å². The standard InChI is InChI=1S/C79H144O5/c1-3-5-7-9-11-13-15-17-19-21-23-25-27-29-31-33-35-37-39-41-43-45-47-49-51-53-55-57-59-61-63-65-67-69-71-73-78(81)83-76-77(75-80)84-79(82)74-72-70-68-66-64-62-60-58-56-54-52-50-48-46-44-42-40-38-36-34-32-30-28-26-24-22-20-18-16-14-12-10-8-6-4-2/h6,8,12,14-15,17-18,20-21,23-24,26,77,80H,3-5,7,9-11,13,16,19,22,25,27-76H2,1-2H3/b8-6-,14-12-,17-15-,20-18-,23-21-,26-24-. The van der Waals surface area contributed by atoms with E-state index in [0.717, 1.165) is 70.6 Å². The quantitative estimate of drug-likeness (QED) is 0.0373. The first-order valence-electron chi connectivity index (χ1n) is 37.5. The first-order chi connectivity index (χ1) is 41.6. The van der Waals surface area contributed by atoms with Gasteiger partial charge >= 0.3 is 11.9 Å². The van der Waals surface area contributed by atoms with Gasteiger partial charge in [-0.2, -0.15) is 0 Å². The minimum Gasteiger partial charge on any atom is -0.462 e. The first-order valence-corrected chi connectivity index (χ1v) is 37.5. The van der Waals surface area contributed by atoms with E-state index < -0.39 is 6.10 Å². The number of hydrogen-bond acceptors (Lipinski definition) is 5. The molecule has 0 aliphatic carbocycles. The summed E-state index contributed by atoms with van der Waals surface area (Å²) < 4.78 is 10.8. The fourth-order valence-corrected chi connectivity index (χ4v) is 11.4. The topological polar surface area (TPSA) is 72.8 Å². The minimum absolute atomic E-state index is 0.0608. The van der Waals surface area contributed by atoms with Gasteiger partial charge in [0.15, 0.2) is 6.10 Å². The predicted molar refractivity (Wildman–Crippen MR) is 371 cm³/mol. The summed E-state index contributed by atoms with van der Waals surface area (Å²) in [6.07, 6.45) is 104. The highest BCUT2D eigenvalue weighted by Crippen LogP contribution is 2.19. The number of hydrogen-bond donors (Lipinski definition) is 1. The Hall–Kier alpha value is -2.66. The van der Waals surface area contributed by atoms with Crippen LogP contribution in [-0.2, 0) is 19.1 Å². The summed E-state index contributed by atoms with van der Waals surface area (Å²) in [5.74, 6) is -0.567. The van der Waals surface area contributed by atoms with Gasteiger partial charge in [0.25, 0.3) is 0 Å². The number of unbranched alkanes of at least 4 members (excludes halogenated alkanes) is 50. The van der Waals surface area contributed by atoms with Crippen molar-refractivity contribution in [3.05, 3.63) is 72.9 Å². The molecule has 0 saturated heterocycles. The second kappa shape index (κ2) is 74.6. The van der Waals surface area contributed by atoms with E-state index in [-0.39, 0.29) is 25.2 Å². The molecule has 1 unspecified atom stereocenters. The van der Waals surface area contributed by atoms with Crippen LogP contribution in [0.2, 0.25) is 0 Å². The van der Waals surface area contributed by atoms with Crippen molar-refractivity contribution in [1.82, 2.24) is 0 Å². The van der Waals surface area contributed by atoms with Crippen molar-refractivity contribution >= 4 is 11.9 Å².